The molecular weight excluding hydrogens is 536 g/mol. The van der Waals surface area contributed by atoms with Crippen molar-refractivity contribution < 1.29 is 9.53 Å². The summed E-state index contributed by atoms with van der Waals surface area (Å²) in [4.78, 5) is 22.4. The highest BCUT2D eigenvalue weighted by molar-refractivity contribution is 6.20. The molecule has 0 bridgehead atoms. The zero-order valence-corrected chi connectivity index (χ0v) is 23.9. The third kappa shape index (κ3) is 5.40. The van der Waals surface area contributed by atoms with Crippen LogP contribution in [0.25, 0.3) is 11.1 Å². The van der Waals surface area contributed by atoms with Crippen LogP contribution in [0, 0.1) is 0 Å². The first-order chi connectivity index (χ1) is 21.1. The Bertz CT molecular complexity index is 1750. The summed E-state index contributed by atoms with van der Waals surface area (Å²) in [6.07, 6.45) is 0. The summed E-state index contributed by atoms with van der Waals surface area (Å²) in [7, 11) is 1.77. The summed E-state index contributed by atoms with van der Waals surface area (Å²) < 4.78 is 7.91. The van der Waals surface area contributed by atoms with Crippen molar-refractivity contribution in [1.29, 1.82) is 0 Å². The number of carbonyl (C=O) groups is 1. The van der Waals surface area contributed by atoms with Gasteiger partial charge >= 0.3 is 0 Å². The maximum absolute atomic E-state index is 13.8. The zero-order chi connectivity index (χ0) is 29.2. The van der Waals surface area contributed by atoms with Crippen LogP contribution in [0.4, 0.5) is 17.3 Å². The van der Waals surface area contributed by atoms with Gasteiger partial charge in [-0.1, -0.05) is 103 Å². The Morgan fingerprint density at radius 2 is 1.47 bits per heavy atom. The van der Waals surface area contributed by atoms with E-state index in [-0.39, 0.29) is 11.9 Å². The van der Waals surface area contributed by atoms with Crippen LogP contribution in [0.2, 0.25) is 0 Å². The fraction of sp³-hybridized carbons (Fsp3) is 0.171. The number of carbonyl (C=O) groups excluding carboxylic acids is 1. The van der Waals surface area contributed by atoms with Gasteiger partial charge in [-0.25, -0.2) is 9.67 Å². The Balaban J connectivity index is 1.18. The van der Waals surface area contributed by atoms with E-state index in [2.05, 4.69) is 41.7 Å². The van der Waals surface area contributed by atoms with Gasteiger partial charge in [0.1, 0.15) is 11.4 Å². The fourth-order valence-corrected chi connectivity index (χ4v) is 5.59. The number of fused-ring (bicyclic) bond motifs is 3. The summed E-state index contributed by atoms with van der Waals surface area (Å²) in [5, 5.41) is 8.52. The fourth-order valence-electron chi connectivity index (χ4n) is 5.59. The van der Waals surface area contributed by atoms with E-state index in [4.69, 9.17) is 14.8 Å². The number of ether oxygens (including phenoxy) is 1. The van der Waals surface area contributed by atoms with Gasteiger partial charge in [0, 0.05) is 12.7 Å². The van der Waals surface area contributed by atoms with E-state index in [0.717, 1.165) is 22.4 Å². The first kappa shape index (κ1) is 26.7. The predicted octanol–water partition coefficient (Wildman–Crippen LogP) is 6.19. The average Bonchev–Trinajstić information content (AvgIpc) is 3.64. The van der Waals surface area contributed by atoms with Crippen molar-refractivity contribution in [2.24, 2.45) is 4.99 Å². The van der Waals surface area contributed by atoms with Gasteiger partial charge < -0.3 is 10.1 Å². The molecule has 214 valence electrons. The van der Waals surface area contributed by atoms with Crippen LogP contribution < -0.4 is 10.2 Å². The highest BCUT2D eigenvalue weighted by atomic mass is 16.5. The molecule has 0 radical (unpaired) electrons. The van der Waals surface area contributed by atoms with Crippen molar-refractivity contribution in [2.45, 2.75) is 19.2 Å². The van der Waals surface area contributed by atoms with Gasteiger partial charge in [0.2, 0.25) is 5.96 Å². The lowest BCUT2D eigenvalue weighted by molar-refractivity contribution is 0.0866. The monoisotopic (exact) mass is 568 g/mol. The number of hydrogen-bond acceptors (Lipinski definition) is 6. The van der Waals surface area contributed by atoms with E-state index >= 15 is 0 Å². The lowest BCUT2D eigenvalue weighted by Gasteiger charge is -2.30. The number of aliphatic imine (C=N–C) groups is 1. The summed E-state index contributed by atoms with van der Waals surface area (Å²) in [6.45, 7) is 2.06. The van der Waals surface area contributed by atoms with Crippen LogP contribution in [0.3, 0.4) is 0 Å². The minimum atomic E-state index is -0.139. The standard InChI is InChI=1S/C35H32N6O2/c1-39-34(42)31-32(36-29-15-9-4-10-16-29)41(21-25-17-19-28(20-18-25)27-13-7-3-8-14-27)38-33(31)40-22-30(37-35(39)40)24-43-23-26-11-5-2-6-12-26/h2-20,30,36H,21-24H2,1H3/t30-/m0/s1. The van der Waals surface area contributed by atoms with E-state index in [1.165, 1.54) is 5.56 Å². The number of amides is 1. The number of hydrogen-bond donors (Lipinski definition) is 1. The molecule has 0 aliphatic carbocycles. The van der Waals surface area contributed by atoms with Gasteiger partial charge in [0.15, 0.2) is 5.82 Å². The minimum Gasteiger partial charge on any atom is -0.374 e. The Morgan fingerprint density at radius 3 is 2.19 bits per heavy atom. The van der Waals surface area contributed by atoms with Gasteiger partial charge in [0.05, 0.1) is 32.3 Å². The Hall–Kier alpha value is -5.21. The summed E-state index contributed by atoms with van der Waals surface area (Å²) in [6, 6.07) is 38.7. The summed E-state index contributed by atoms with van der Waals surface area (Å²) in [5.74, 6) is 1.74. The van der Waals surface area contributed by atoms with Crippen LogP contribution in [0.15, 0.2) is 120 Å². The van der Waals surface area contributed by atoms with Crippen molar-refractivity contribution in [3.8, 4) is 11.1 Å². The third-order valence-corrected chi connectivity index (χ3v) is 7.79. The zero-order valence-electron chi connectivity index (χ0n) is 23.9. The minimum absolute atomic E-state index is 0.110. The third-order valence-electron chi connectivity index (χ3n) is 7.79. The Kier molecular flexibility index (Phi) is 7.18. The van der Waals surface area contributed by atoms with E-state index in [1.807, 2.05) is 88.4 Å². The highest BCUT2D eigenvalue weighted by Crippen LogP contribution is 2.37. The van der Waals surface area contributed by atoms with E-state index < -0.39 is 0 Å². The highest BCUT2D eigenvalue weighted by Gasteiger charge is 2.43. The molecule has 4 aromatic carbocycles. The molecule has 1 amide bonds. The van der Waals surface area contributed by atoms with E-state index in [0.29, 0.717) is 49.5 Å². The van der Waals surface area contributed by atoms with Gasteiger partial charge in [-0.15, -0.1) is 0 Å². The number of anilines is 3. The summed E-state index contributed by atoms with van der Waals surface area (Å²) >= 11 is 0. The second-order valence-electron chi connectivity index (χ2n) is 10.8. The van der Waals surface area contributed by atoms with E-state index in [9.17, 15) is 4.79 Å². The number of nitrogens with one attached hydrogen (secondary N) is 1. The predicted molar refractivity (Wildman–Crippen MR) is 170 cm³/mol. The topological polar surface area (TPSA) is 75.0 Å². The smallest absolute Gasteiger partial charge is 0.267 e. The molecule has 0 saturated heterocycles. The number of nitrogens with zero attached hydrogens (tertiary/aromatic N) is 5. The van der Waals surface area contributed by atoms with Crippen molar-refractivity contribution in [3.63, 3.8) is 0 Å². The first-order valence-electron chi connectivity index (χ1n) is 14.5. The maximum Gasteiger partial charge on any atom is 0.267 e. The number of guanidine groups is 1. The molecule has 43 heavy (non-hydrogen) atoms. The second kappa shape index (κ2) is 11.6. The lowest BCUT2D eigenvalue weighted by atomic mass is 10.0. The normalized spacial score (nSPS) is 15.7. The van der Waals surface area contributed by atoms with E-state index in [1.54, 1.807) is 11.9 Å². The van der Waals surface area contributed by atoms with Crippen molar-refractivity contribution in [2.75, 3.05) is 30.4 Å². The van der Waals surface area contributed by atoms with Crippen LogP contribution >= 0.6 is 0 Å². The van der Waals surface area contributed by atoms with Crippen LogP contribution in [-0.4, -0.2) is 52.8 Å². The Labute approximate surface area is 250 Å². The molecule has 2 aliphatic heterocycles. The molecule has 8 heteroatoms. The van der Waals surface area contributed by atoms with Gasteiger partial charge in [-0.2, -0.15) is 5.10 Å². The van der Waals surface area contributed by atoms with Crippen LogP contribution in [-0.2, 0) is 17.9 Å². The molecule has 0 unspecified atom stereocenters. The molecule has 5 aromatic rings. The van der Waals surface area contributed by atoms with Gasteiger partial charge in [-0.05, 0) is 34.4 Å². The number of rotatable bonds is 9. The molecule has 1 aromatic heterocycles. The average molecular weight is 569 g/mol. The van der Waals surface area contributed by atoms with Gasteiger partial charge in [0.25, 0.3) is 5.91 Å². The molecule has 0 saturated carbocycles. The number of benzene rings is 4. The number of para-hydroxylation sites is 1. The SMILES string of the molecule is CN1C(=O)c2c(nn(Cc3ccc(-c4ccccc4)cc3)c2Nc2ccccc2)N2C[C@@H](COCc3ccccc3)N=C12. The van der Waals surface area contributed by atoms with Crippen LogP contribution in [0.1, 0.15) is 21.5 Å². The molecule has 8 nitrogen and oxygen atoms in total. The molecule has 1 N–H and O–H groups in total. The Morgan fingerprint density at radius 1 is 0.814 bits per heavy atom. The quantitative estimate of drug-likeness (QED) is 0.230. The molecule has 1 atom stereocenters. The second-order valence-corrected chi connectivity index (χ2v) is 10.8. The molecule has 7 rings (SSSR count). The maximum atomic E-state index is 13.8. The molecule has 3 heterocycles. The van der Waals surface area contributed by atoms with Crippen molar-refractivity contribution >= 4 is 29.2 Å². The largest absolute Gasteiger partial charge is 0.374 e. The van der Waals surface area contributed by atoms with Gasteiger partial charge in [-0.3, -0.25) is 14.6 Å². The summed E-state index contributed by atoms with van der Waals surface area (Å²) in [5.41, 5.74) is 5.95. The molecular formula is C35H32N6O2. The lowest BCUT2D eigenvalue weighted by Crippen LogP contribution is -2.48. The molecule has 0 spiro atoms. The van der Waals surface area contributed by atoms with Crippen molar-refractivity contribution in [1.82, 2.24) is 14.7 Å². The van der Waals surface area contributed by atoms with Crippen LogP contribution in [0.5, 0.6) is 0 Å². The first-order valence-corrected chi connectivity index (χ1v) is 14.5. The van der Waals surface area contributed by atoms with Crippen molar-refractivity contribution in [3.05, 3.63) is 132 Å². The molecule has 0 fully saturated rings. The molecule has 2 aliphatic rings. The number of aromatic nitrogens is 2.